The van der Waals surface area contributed by atoms with Crippen LogP contribution in [0.5, 0.6) is 11.5 Å². The summed E-state index contributed by atoms with van der Waals surface area (Å²) in [6, 6.07) is 15.6. The highest BCUT2D eigenvalue weighted by atomic mass is 35.5. The molecule has 4 aromatic carbocycles. The van der Waals surface area contributed by atoms with Crippen LogP contribution < -0.4 is 10.1 Å². The third-order valence-corrected chi connectivity index (χ3v) is 7.25. The zero-order chi connectivity index (χ0) is 28.3. The Hall–Kier alpha value is -3.70. The molecule has 3 N–H and O–H groups in total. The summed E-state index contributed by atoms with van der Waals surface area (Å²) in [5, 5.41) is 23.6. The number of aromatic hydroxyl groups is 1. The van der Waals surface area contributed by atoms with Gasteiger partial charge in [-0.25, -0.2) is 0 Å². The Kier molecular flexibility index (Phi) is 8.41. The third kappa shape index (κ3) is 6.15. The summed E-state index contributed by atoms with van der Waals surface area (Å²) in [5.74, 6) is -0.742. The normalized spacial score (nSPS) is 11.7. The highest BCUT2D eigenvalue weighted by Crippen LogP contribution is 2.41. The number of phenolic OH excluding ortho intramolecular Hbond substituents is 1. The standard InChI is InChI=1S/C27H23Cl2N3O6S/c1-3-15-12-20(29)22(14-24(15)39(35,36)37)31-32-25-18-8-6-5-7-16(18)11-19(26(25)33)27(34)30-21-10-9-17(28)13-23(21)38-4-2/h5-14,33H,3-4H2,1-2H3,(H,30,34)(H,35,36,37). The zero-order valence-electron chi connectivity index (χ0n) is 20.8. The maximum Gasteiger partial charge on any atom is 0.294 e. The zero-order valence-corrected chi connectivity index (χ0v) is 23.1. The van der Waals surface area contributed by atoms with Crippen molar-refractivity contribution in [2.75, 3.05) is 11.9 Å². The summed E-state index contributed by atoms with van der Waals surface area (Å²) >= 11 is 12.4. The van der Waals surface area contributed by atoms with Gasteiger partial charge in [-0.3, -0.25) is 9.35 Å². The summed E-state index contributed by atoms with van der Waals surface area (Å²) in [6.07, 6.45) is 0.299. The van der Waals surface area contributed by atoms with E-state index in [2.05, 4.69) is 15.5 Å². The molecule has 0 heterocycles. The van der Waals surface area contributed by atoms with E-state index in [-0.39, 0.29) is 26.9 Å². The van der Waals surface area contributed by atoms with Gasteiger partial charge in [-0.15, -0.1) is 10.2 Å². The molecule has 4 aromatic rings. The molecule has 12 heteroatoms. The van der Waals surface area contributed by atoms with Crippen LogP contribution in [0.15, 0.2) is 75.8 Å². The highest BCUT2D eigenvalue weighted by Gasteiger charge is 2.21. The van der Waals surface area contributed by atoms with E-state index in [1.807, 2.05) is 0 Å². The molecule has 0 aliphatic rings. The Labute approximate surface area is 234 Å². The number of carbonyl (C=O) groups excluding carboxylic acids is 1. The number of carbonyl (C=O) groups is 1. The van der Waals surface area contributed by atoms with Crippen LogP contribution in [0.4, 0.5) is 17.1 Å². The molecule has 4 rings (SSSR count). The number of phenols is 1. The van der Waals surface area contributed by atoms with E-state index in [0.717, 1.165) is 6.07 Å². The van der Waals surface area contributed by atoms with Gasteiger partial charge >= 0.3 is 0 Å². The lowest BCUT2D eigenvalue weighted by molar-refractivity contribution is 0.102. The van der Waals surface area contributed by atoms with Crippen molar-refractivity contribution in [3.8, 4) is 11.5 Å². The number of halogens is 2. The van der Waals surface area contributed by atoms with Gasteiger partial charge in [0.25, 0.3) is 16.0 Å². The Morgan fingerprint density at radius 1 is 1.03 bits per heavy atom. The molecular formula is C27H23Cl2N3O6S. The molecule has 0 radical (unpaired) electrons. The lowest BCUT2D eigenvalue weighted by Crippen LogP contribution is -2.13. The molecule has 0 atom stereocenters. The van der Waals surface area contributed by atoms with Crippen molar-refractivity contribution in [2.45, 2.75) is 25.2 Å². The molecule has 0 spiro atoms. The van der Waals surface area contributed by atoms with Crippen molar-refractivity contribution in [3.63, 3.8) is 0 Å². The Bertz CT molecular complexity index is 1720. The van der Waals surface area contributed by atoms with E-state index in [0.29, 0.717) is 45.8 Å². The number of rotatable bonds is 8. The fraction of sp³-hybridized carbons (Fsp3) is 0.148. The lowest BCUT2D eigenvalue weighted by Gasteiger charge is -2.14. The molecule has 0 bridgehead atoms. The van der Waals surface area contributed by atoms with Gasteiger partial charge in [-0.05, 0) is 54.6 Å². The Morgan fingerprint density at radius 2 is 1.77 bits per heavy atom. The van der Waals surface area contributed by atoms with Crippen molar-refractivity contribution in [1.29, 1.82) is 0 Å². The second-order valence-corrected chi connectivity index (χ2v) is 10.5. The molecule has 0 saturated heterocycles. The average molecular weight is 588 g/mol. The van der Waals surface area contributed by atoms with Crippen molar-refractivity contribution >= 4 is 67.1 Å². The van der Waals surface area contributed by atoms with Crippen molar-refractivity contribution in [1.82, 2.24) is 0 Å². The van der Waals surface area contributed by atoms with Gasteiger partial charge in [0.1, 0.15) is 17.1 Å². The number of amides is 1. The van der Waals surface area contributed by atoms with Gasteiger partial charge in [-0.2, -0.15) is 8.42 Å². The Morgan fingerprint density at radius 3 is 2.46 bits per heavy atom. The first-order valence-corrected chi connectivity index (χ1v) is 13.9. The van der Waals surface area contributed by atoms with E-state index in [1.165, 1.54) is 12.1 Å². The van der Waals surface area contributed by atoms with Crippen LogP contribution in [0, 0.1) is 0 Å². The van der Waals surface area contributed by atoms with Crippen molar-refractivity contribution in [2.24, 2.45) is 10.2 Å². The number of nitrogens with one attached hydrogen (secondary N) is 1. The second-order valence-electron chi connectivity index (χ2n) is 8.31. The third-order valence-electron chi connectivity index (χ3n) is 5.78. The molecule has 39 heavy (non-hydrogen) atoms. The molecule has 1 amide bonds. The predicted octanol–water partition coefficient (Wildman–Crippen LogP) is 7.73. The van der Waals surface area contributed by atoms with E-state index in [1.54, 1.807) is 56.3 Å². The second kappa shape index (κ2) is 11.6. The average Bonchev–Trinajstić information content (AvgIpc) is 2.89. The molecule has 9 nitrogen and oxygen atoms in total. The minimum Gasteiger partial charge on any atom is -0.505 e. The first-order valence-electron chi connectivity index (χ1n) is 11.7. The van der Waals surface area contributed by atoms with Gasteiger partial charge in [-0.1, -0.05) is 54.4 Å². The van der Waals surface area contributed by atoms with Crippen LogP contribution >= 0.6 is 23.2 Å². The van der Waals surface area contributed by atoms with Crippen LogP contribution in [0.1, 0.15) is 29.8 Å². The quantitative estimate of drug-likeness (QED) is 0.142. The van der Waals surface area contributed by atoms with Gasteiger partial charge < -0.3 is 15.2 Å². The maximum absolute atomic E-state index is 13.3. The number of benzene rings is 4. The van der Waals surface area contributed by atoms with E-state index in [9.17, 15) is 22.9 Å². The predicted molar refractivity (Wildman–Crippen MR) is 151 cm³/mol. The summed E-state index contributed by atoms with van der Waals surface area (Å²) in [5.41, 5.74) is 0.474. The molecular weight excluding hydrogens is 565 g/mol. The summed E-state index contributed by atoms with van der Waals surface area (Å²) in [6.45, 7) is 3.85. The minimum absolute atomic E-state index is 0.0385. The van der Waals surface area contributed by atoms with Gasteiger partial charge in [0.15, 0.2) is 5.75 Å². The molecule has 202 valence electrons. The number of fused-ring (bicyclic) bond motifs is 1. The van der Waals surface area contributed by atoms with Crippen LogP contribution in [0.2, 0.25) is 10.0 Å². The number of nitrogens with zero attached hydrogens (tertiary/aromatic N) is 2. The molecule has 0 fully saturated rings. The van der Waals surface area contributed by atoms with Crippen molar-refractivity contribution in [3.05, 3.63) is 81.8 Å². The Balaban J connectivity index is 1.81. The fourth-order valence-corrected chi connectivity index (χ4v) is 5.12. The summed E-state index contributed by atoms with van der Waals surface area (Å²) in [4.78, 5) is 12.9. The molecule has 0 aliphatic heterocycles. The van der Waals surface area contributed by atoms with Gasteiger partial charge in [0.05, 0.1) is 27.8 Å². The van der Waals surface area contributed by atoms with E-state index in [4.69, 9.17) is 27.9 Å². The van der Waals surface area contributed by atoms with Gasteiger partial charge in [0, 0.05) is 16.5 Å². The number of hydrogen-bond donors (Lipinski definition) is 3. The largest absolute Gasteiger partial charge is 0.505 e. The van der Waals surface area contributed by atoms with E-state index < -0.39 is 21.8 Å². The summed E-state index contributed by atoms with van der Waals surface area (Å²) in [7, 11) is -4.55. The fourth-order valence-electron chi connectivity index (χ4n) is 3.94. The van der Waals surface area contributed by atoms with Crippen LogP contribution in [0.3, 0.4) is 0 Å². The van der Waals surface area contributed by atoms with Crippen LogP contribution in [-0.2, 0) is 16.5 Å². The molecule has 0 saturated carbocycles. The summed E-state index contributed by atoms with van der Waals surface area (Å²) < 4.78 is 38.9. The number of ether oxygens (including phenoxy) is 1. The molecule has 0 aromatic heterocycles. The first kappa shape index (κ1) is 28.3. The lowest BCUT2D eigenvalue weighted by atomic mass is 10.0. The highest BCUT2D eigenvalue weighted by molar-refractivity contribution is 7.85. The number of azo groups is 1. The molecule has 0 aliphatic carbocycles. The topological polar surface area (TPSA) is 138 Å². The smallest absolute Gasteiger partial charge is 0.294 e. The minimum atomic E-state index is -4.55. The number of anilines is 1. The van der Waals surface area contributed by atoms with E-state index >= 15 is 0 Å². The number of hydrogen-bond acceptors (Lipinski definition) is 7. The maximum atomic E-state index is 13.3. The monoisotopic (exact) mass is 587 g/mol. The van der Waals surface area contributed by atoms with Gasteiger partial charge in [0.2, 0.25) is 0 Å². The first-order chi connectivity index (χ1) is 18.5. The molecule has 0 unspecified atom stereocenters. The van der Waals surface area contributed by atoms with Crippen LogP contribution in [0.25, 0.3) is 10.8 Å². The van der Waals surface area contributed by atoms with Crippen LogP contribution in [-0.4, -0.2) is 30.6 Å². The van der Waals surface area contributed by atoms with Crippen molar-refractivity contribution < 1.29 is 27.6 Å². The SMILES string of the molecule is CCOc1cc(Cl)ccc1NC(=O)c1cc2ccccc2c(N=Nc2cc(S(=O)(=O)O)c(CC)cc2Cl)c1O. The number of aryl methyl sites for hydroxylation is 1.